The van der Waals surface area contributed by atoms with Crippen molar-refractivity contribution < 1.29 is 19.2 Å². The van der Waals surface area contributed by atoms with Crippen molar-refractivity contribution in [1.29, 1.82) is 0 Å². The van der Waals surface area contributed by atoms with Crippen LogP contribution in [0.4, 0.5) is 10.5 Å². The van der Waals surface area contributed by atoms with Crippen LogP contribution in [0.1, 0.15) is 25.0 Å². The average molecular weight is 334 g/mol. The summed E-state index contributed by atoms with van der Waals surface area (Å²) in [4.78, 5) is 27.2. The number of para-hydroxylation sites is 1. The van der Waals surface area contributed by atoms with E-state index in [1.165, 1.54) is 4.90 Å². The molecule has 1 aromatic rings. The molecule has 0 spiro atoms. The molecule has 1 heterocycles. The number of anilines is 1. The lowest BCUT2D eigenvalue weighted by molar-refractivity contribution is -0.917. The normalized spacial score (nSPS) is 16.6. The molecular formula is C18H28N3O3+. The zero-order valence-corrected chi connectivity index (χ0v) is 15.0. The Morgan fingerprint density at radius 1 is 1.25 bits per heavy atom. The summed E-state index contributed by atoms with van der Waals surface area (Å²) in [6.45, 7) is 10.9. The number of nitrogens with one attached hydrogen (secondary N) is 2. The molecule has 0 unspecified atom stereocenters. The SMILES string of the molecule is CCOC(=O)N1CC[NH+]([C@@H](C)C(=O)Nc2c(C)cccc2C)CC1. The molecule has 1 saturated heterocycles. The molecule has 0 radical (unpaired) electrons. The highest BCUT2D eigenvalue weighted by Crippen LogP contribution is 2.19. The third-order valence-electron chi connectivity index (χ3n) is 4.67. The fourth-order valence-electron chi connectivity index (χ4n) is 3.05. The Labute approximate surface area is 143 Å². The van der Waals surface area contributed by atoms with Gasteiger partial charge in [0, 0.05) is 5.69 Å². The molecule has 2 N–H and O–H groups in total. The van der Waals surface area contributed by atoms with Gasteiger partial charge in [0.05, 0.1) is 32.8 Å². The second-order valence-corrected chi connectivity index (χ2v) is 6.32. The van der Waals surface area contributed by atoms with Crippen LogP contribution in [-0.4, -0.2) is 55.7 Å². The van der Waals surface area contributed by atoms with Gasteiger partial charge < -0.3 is 15.0 Å². The van der Waals surface area contributed by atoms with Gasteiger partial charge in [-0.2, -0.15) is 0 Å². The average Bonchev–Trinajstić information content (AvgIpc) is 2.58. The molecule has 6 heteroatoms. The molecular weight excluding hydrogens is 306 g/mol. The van der Waals surface area contributed by atoms with Crippen LogP contribution in [0.3, 0.4) is 0 Å². The van der Waals surface area contributed by atoms with E-state index in [0.29, 0.717) is 19.7 Å². The third-order valence-corrected chi connectivity index (χ3v) is 4.67. The Morgan fingerprint density at radius 2 is 1.83 bits per heavy atom. The Bertz CT molecular complexity index is 575. The summed E-state index contributed by atoms with van der Waals surface area (Å²) in [5.41, 5.74) is 3.04. The summed E-state index contributed by atoms with van der Waals surface area (Å²) < 4.78 is 5.03. The van der Waals surface area contributed by atoms with E-state index in [0.717, 1.165) is 29.9 Å². The third kappa shape index (κ3) is 4.26. The molecule has 1 aromatic carbocycles. The highest BCUT2D eigenvalue weighted by Gasteiger charge is 2.31. The zero-order valence-electron chi connectivity index (χ0n) is 15.0. The maximum atomic E-state index is 12.6. The van der Waals surface area contributed by atoms with Crippen molar-refractivity contribution in [3.8, 4) is 0 Å². The standard InChI is InChI=1S/C18H27N3O3/c1-5-24-18(23)21-11-9-20(10-12-21)15(4)17(22)19-16-13(2)7-6-8-14(16)3/h6-8,15H,5,9-12H2,1-4H3,(H,19,22)/p+1/t15-/m0/s1. The van der Waals surface area contributed by atoms with Gasteiger partial charge in [-0.15, -0.1) is 0 Å². The first-order valence-electron chi connectivity index (χ1n) is 8.57. The van der Waals surface area contributed by atoms with Crippen molar-refractivity contribution in [3.63, 3.8) is 0 Å². The summed E-state index contributed by atoms with van der Waals surface area (Å²) in [5.74, 6) is 0.0204. The van der Waals surface area contributed by atoms with Gasteiger partial charge in [0.2, 0.25) is 0 Å². The second kappa shape index (κ2) is 8.15. The topological polar surface area (TPSA) is 63.1 Å². The first-order chi connectivity index (χ1) is 11.4. The molecule has 1 aliphatic heterocycles. The minimum atomic E-state index is -0.260. The van der Waals surface area contributed by atoms with Crippen LogP contribution in [0, 0.1) is 13.8 Å². The van der Waals surface area contributed by atoms with Crippen molar-refractivity contribution in [2.75, 3.05) is 38.1 Å². The number of benzene rings is 1. The molecule has 24 heavy (non-hydrogen) atoms. The minimum absolute atomic E-state index is 0.0204. The van der Waals surface area contributed by atoms with E-state index in [9.17, 15) is 9.59 Å². The van der Waals surface area contributed by atoms with E-state index in [-0.39, 0.29) is 18.0 Å². The van der Waals surface area contributed by atoms with Crippen molar-refractivity contribution >= 4 is 17.7 Å². The van der Waals surface area contributed by atoms with Crippen LogP contribution >= 0.6 is 0 Å². The number of amides is 2. The highest BCUT2D eigenvalue weighted by molar-refractivity contribution is 5.95. The van der Waals surface area contributed by atoms with Gasteiger partial charge in [-0.1, -0.05) is 18.2 Å². The number of hydrogen-bond donors (Lipinski definition) is 2. The lowest BCUT2D eigenvalue weighted by Gasteiger charge is -2.34. The zero-order chi connectivity index (χ0) is 17.7. The number of quaternary nitrogens is 1. The monoisotopic (exact) mass is 334 g/mol. The Balaban J connectivity index is 1.92. The number of hydrogen-bond acceptors (Lipinski definition) is 3. The molecule has 0 bridgehead atoms. The van der Waals surface area contributed by atoms with Gasteiger partial charge in [-0.05, 0) is 38.8 Å². The smallest absolute Gasteiger partial charge is 0.410 e. The van der Waals surface area contributed by atoms with Gasteiger partial charge in [-0.3, -0.25) is 9.69 Å². The van der Waals surface area contributed by atoms with Gasteiger partial charge in [0.25, 0.3) is 5.91 Å². The number of aryl methyl sites for hydroxylation is 2. The maximum absolute atomic E-state index is 12.6. The summed E-state index contributed by atoms with van der Waals surface area (Å²) in [6.07, 6.45) is -0.260. The first-order valence-corrected chi connectivity index (χ1v) is 8.57. The number of nitrogens with zero attached hydrogens (tertiary/aromatic N) is 1. The van der Waals surface area contributed by atoms with Crippen LogP contribution in [-0.2, 0) is 9.53 Å². The Kier molecular flexibility index (Phi) is 6.20. The van der Waals surface area contributed by atoms with Crippen LogP contribution in [0.25, 0.3) is 0 Å². The predicted octanol–water partition coefficient (Wildman–Crippen LogP) is 0.987. The maximum Gasteiger partial charge on any atom is 0.410 e. The van der Waals surface area contributed by atoms with Crippen LogP contribution in [0.2, 0.25) is 0 Å². The number of rotatable bonds is 4. The van der Waals surface area contributed by atoms with Gasteiger partial charge in [-0.25, -0.2) is 4.79 Å². The van der Waals surface area contributed by atoms with Crippen LogP contribution in [0.15, 0.2) is 18.2 Å². The first kappa shape index (κ1) is 18.3. The molecule has 2 rings (SSSR count). The fourth-order valence-corrected chi connectivity index (χ4v) is 3.05. The molecule has 0 aliphatic carbocycles. The molecule has 2 amide bonds. The summed E-state index contributed by atoms with van der Waals surface area (Å²) in [5, 5.41) is 3.06. The fraction of sp³-hybridized carbons (Fsp3) is 0.556. The van der Waals surface area contributed by atoms with E-state index in [1.807, 2.05) is 39.0 Å². The molecule has 0 saturated carbocycles. The quantitative estimate of drug-likeness (QED) is 0.863. The Hall–Kier alpha value is -2.08. The second-order valence-electron chi connectivity index (χ2n) is 6.32. The van der Waals surface area contributed by atoms with Crippen molar-refractivity contribution in [2.24, 2.45) is 0 Å². The number of piperazine rings is 1. The van der Waals surface area contributed by atoms with Crippen molar-refractivity contribution in [1.82, 2.24) is 4.90 Å². The van der Waals surface area contributed by atoms with Gasteiger partial charge >= 0.3 is 6.09 Å². The Morgan fingerprint density at radius 3 is 2.38 bits per heavy atom. The van der Waals surface area contributed by atoms with E-state index in [1.54, 1.807) is 11.8 Å². The molecule has 1 atom stereocenters. The van der Waals surface area contributed by atoms with Crippen molar-refractivity contribution in [2.45, 2.75) is 33.7 Å². The van der Waals surface area contributed by atoms with Crippen LogP contribution < -0.4 is 10.2 Å². The van der Waals surface area contributed by atoms with E-state index in [2.05, 4.69) is 5.32 Å². The summed E-state index contributed by atoms with van der Waals surface area (Å²) >= 11 is 0. The predicted molar refractivity (Wildman–Crippen MR) is 93.3 cm³/mol. The van der Waals surface area contributed by atoms with Crippen LogP contribution in [0.5, 0.6) is 0 Å². The number of carbonyl (C=O) groups excluding carboxylic acids is 2. The highest BCUT2D eigenvalue weighted by atomic mass is 16.6. The summed E-state index contributed by atoms with van der Waals surface area (Å²) in [7, 11) is 0. The van der Waals surface area contributed by atoms with E-state index in [4.69, 9.17) is 4.74 Å². The lowest BCUT2D eigenvalue weighted by atomic mass is 10.1. The molecule has 1 aliphatic rings. The molecule has 6 nitrogen and oxygen atoms in total. The summed E-state index contributed by atoms with van der Waals surface area (Å²) in [6, 6.07) is 5.83. The van der Waals surface area contributed by atoms with Gasteiger partial charge in [0.1, 0.15) is 0 Å². The molecule has 1 fully saturated rings. The number of carbonyl (C=O) groups is 2. The van der Waals surface area contributed by atoms with E-state index < -0.39 is 0 Å². The molecule has 132 valence electrons. The van der Waals surface area contributed by atoms with E-state index >= 15 is 0 Å². The van der Waals surface area contributed by atoms with Crippen molar-refractivity contribution in [3.05, 3.63) is 29.3 Å². The molecule has 0 aromatic heterocycles. The lowest BCUT2D eigenvalue weighted by Crippen LogP contribution is -3.19. The largest absolute Gasteiger partial charge is 0.450 e. The minimum Gasteiger partial charge on any atom is -0.450 e. The van der Waals surface area contributed by atoms with Gasteiger partial charge in [0.15, 0.2) is 6.04 Å². The number of ether oxygens (including phenoxy) is 1.